The molecular formula is C10H10MnO3. The van der Waals surface area contributed by atoms with E-state index in [0.29, 0.717) is 10.9 Å². The van der Waals surface area contributed by atoms with Crippen molar-refractivity contribution in [2.45, 2.75) is 18.7 Å². The zero-order chi connectivity index (χ0) is 10.7. The second kappa shape index (κ2) is 3.47. The summed E-state index contributed by atoms with van der Waals surface area (Å²) in [6.07, 6.45) is 5.62. The van der Waals surface area contributed by atoms with Crippen LogP contribution in [0.25, 0.3) is 0 Å². The number of rotatable bonds is 2. The molecule has 0 aliphatic heterocycles. The van der Waals surface area contributed by atoms with Crippen LogP contribution in [0.5, 0.6) is 0 Å². The van der Waals surface area contributed by atoms with Crippen molar-refractivity contribution in [3.63, 3.8) is 0 Å². The summed E-state index contributed by atoms with van der Waals surface area (Å²) in [5.74, 6) is 0. The molecule has 1 rings (SSSR count). The van der Waals surface area contributed by atoms with Crippen LogP contribution < -0.4 is 0 Å². The third-order valence-electron chi connectivity index (χ3n) is 2.31. The van der Waals surface area contributed by atoms with Crippen LogP contribution in [0.3, 0.4) is 0 Å². The fraction of sp³-hybridized carbons (Fsp3) is 0.300. The average Bonchev–Trinajstić information content (AvgIpc) is 2.78. The summed E-state index contributed by atoms with van der Waals surface area (Å²) < 4.78 is 0.550. The van der Waals surface area contributed by atoms with Gasteiger partial charge in [-0.05, 0) is 0 Å². The molecule has 75 valence electrons. The molecule has 0 radical (unpaired) electrons. The molecule has 0 unspecified atom stereocenters. The Kier molecular flexibility index (Phi) is 2.69. The van der Waals surface area contributed by atoms with Gasteiger partial charge in [-0.25, -0.2) is 0 Å². The van der Waals surface area contributed by atoms with E-state index in [2.05, 4.69) is 0 Å². The van der Waals surface area contributed by atoms with Gasteiger partial charge in [0, 0.05) is 0 Å². The quantitative estimate of drug-likeness (QED) is 0.672. The second-order valence-corrected chi connectivity index (χ2v) is 8.60. The van der Waals surface area contributed by atoms with Gasteiger partial charge in [-0.2, -0.15) is 0 Å². The van der Waals surface area contributed by atoms with Gasteiger partial charge in [0.2, 0.25) is 0 Å². The van der Waals surface area contributed by atoms with E-state index in [1.165, 1.54) is 0 Å². The normalized spacial score (nSPS) is 17.2. The molecule has 0 bridgehead atoms. The number of allylic oxidation sites excluding steroid dienone is 4. The third kappa shape index (κ3) is 1.15. The van der Waals surface area contributed by atoms with Crippen molar-refractivity contribution in [3.05, 3.63) is 22.7 Å². The predicted molar refractivity (Wildman–Crippen MR) is 49.4 cm³/mol. The fourth-order valence-electron chi connectivity index (χ4n) is 1.26. The number of carbonyl (C=O) groups excluding carboxylic acids is 3. The van der Waals surface area contributed by atoms with E-state index < -0.39 is 10.5 Å². The first-order chi connectivity index (χ1) is 6.67. The molecule has 1 aliphatic rings. The molecule has 0 amide bonds. The molecular weight excluding hydrogens is 223 g/mol. The maximum atomic E-state index is 11.0. The SMILES string of the molecule is C[CH2][Mn](=[C]=O)(=[C]=O)(=[C]=O)[C]1=CC=CC1. The second-order valence-electron chi connectivity index (χ2n) is 2.85. The van der Waals surface area contributed by atoms with Crippen molar-refractivity contribution in [1.82, 2.24) is 0 Å². The van der Waals surface area contributed by atoms with E-state index >= 15 is 0 Å². The molecule has 0 aromatic carbocycles. The summed E-state index contributed by atoms with van der Waals surface area (Å²) >= 11 is 0. The Bertz CT molecular complexity index is 558. The number of hydrogen-bond acceptors (Lipinski definition) is 3. The van der Waals surface area contributed by atoms with Gasteiger partial charge >= 0.3 is 80.6 Å². The molecule has 14 heavy (non-hydrogen) atoms. The van der Waals surface area contributed by atoms with Crippen LogP contribution in [-0.4, -0.2) is 14.4 Å². The zero-order valence-corrected chi connectivity index (χ0v) is 8.93. The molecule has 0 heterocycles. The zero-order valence-electron chi connectivity index (χ0n) is 7.75. The molecule has 0 atom stereocenters. The monoisotopic (exact) mass is 233 g/mol. The summed E-state index contributed by atoms with van der Waals surface area (Å²) in [6, 6.07) is 0. The van der Waals surface area contributed by atoms with Crippen LogP contribution >= 0.6 is 0 Å². The van der Waals surface area contributed by atoms with Crippen LogP contribution in [0.15, 0.2) is 22.7 Å². The Morgan fingerprint density at radius 1 is 1.29 bits per heavy atom. The Morgan fingerprint density at radius 3 is 2.14 bits per heavy atom. The van der Waals surface area contributed by atoms with Crippen molar-refractivity contribution < 1.29 is 24.9 Å². The summed E-state index contributed by atoms with van der Waals surface area (Å²) in [7, 11) is -4.19. The van der Waals surface area contributed by atoms with E-state index in [4.69, 9.17) is 0 Å². The molecule has 1 aliphatic carbocycles. The molecule has 0 saturated carbocycles. The minimum absolute atomic E-state index is 0.158. The van der Waals surface area contributed by atoms with Crippen LogP contribution in [0.4, 0.5) is 0 Å². The van der Waals surface area contributed by atoms with Crippen molar-refractivity contribution in [1.29, 1.82) is 0 Å². The molecule has 0 aromatic rings. The Balaban J connectivity index is 3.98. The van der Waals surface area contributed by atoms with Gasteiger partial charge in [-0.1, -0.05) is 0 Å². The molecule has 4 heteroatoms. The van der Waals surface area contributed by atoms with Gasteiger partial charge in [-0.3, -0.25) is 0 Å². The van der Waals surface area contributed by atoms with Crippen molar-refractivity contribution in [3.8, 4) is 0 Å². The van der Waals surface area contributed by atoms with Crippen molar-refractivity contribution >= 4 is 14.4 Å². The predicted octanol–water partition coefficient (Wildman–Crippen LogP) is 1.16. The Labute approximate surface area is 80.9 Å². The molecule has 0 fully saturated rings. The van der Waals surface area contributed by atoms with E-state index in [-0.39, 0.29) is 5.32 Å². The first-order valence-corrected chi connectivity index (χ1v) is 7.26. The summed E-state index contributed by atoms with van der Waals surface area (Å²) in [4.78, 5) is 37.9. The van der Waals surface area contributed by atoms with Gasteiger partial charge in [0.1, 0.15) is 0 Å². The summed E-state index contributed by atoms with van der Waals surface area (Å²) in [5.41, 5.74) is 0. The molecule has 0 spiro atoms. The first-order valence-electron chi connectivity index (χ1n) is 4.06. The van der Waals surface area contributed by atoms with Crippen LogP contribution in [-0.2, 0) is 24.9 Å². The standard InChI is InChI=1S/C5H5.C2H5.3CO.Mn/c1-2-4-5-3-1;4*1-2;/h1-3H,4H2;1H2,2H3;;;;. The topological polar surface area (TPSA) is 51.2 Å². The van der Waals surface area contributed by atoms with Gasteiger partial charge in [0.15, 0.2) is 0 Å². The van der Waals surface area contributed by atoms with Crippen molar-refractivity contribution in [2.24, 2.45) is 0 Å². The molecule has 0 N–H and O–H groups in total. The maximum absolute atomic E-state index is 11.0. The van der Waals surface area contributed by atoms with Gasteiger partial charge < -0.3 is 0 Å². The molecule has 0 saturated heterocycles. The van der Waals surface area contributed by atoms with Gasteiger partial charge in [0.25, 0.3) is 0 Å². The Hall–Kier alpha value is -1.26. The van der Waals surface area contributed by atoms with E-state index in [9.17, 15) is 14.4 Å². The van der Waals surface area contributed by atoms with E-state index in [0.717, 1.165) is 0 Å². The van der Waals surface area contributed by atoms with Crippen LogP contribution in [0.2, 0.25) is 5.32 Å². The average molecular weight is 233 g/mol. The molecule has 3 nitrogen and oxygen atoms in total. The summed E-state index contributed by atoms with van der Waals surface area (Å²) in [6.45, 7) is 1.63. The Morgan fingerprint density at radius 2 is 1.86 bits per heavy atom. The molecule has 0 aromatic heterocycles. The fourth-order valence-corrected chi connectivity index (χ4v) is 4.14. The van der Waals surface area contributed by atoms with E-state index in [1.54, 1.807) is 39.5 Å². The third-order valence-corrected chi connectivity index (χ3v) is 7.68. The van der Waals surface area contributed by atoms with Crippen LogP contribution in [0, 0.1) is 0 Å². The number of hydrogen-bond donors (Lipinski definition) is 0. The van der Waals surface area contributed by atoms with Gasteiger partial charge in [-0.15, -0.1) is 0 Å². The minimum atomic E-state index is -4.19. The first kappa shape index (κ1) is 10.8. The summed E-state index contributed by atoms with van der Waals surface area (Å²) in [5, 5.41) is 0.158. The van der Waals surface area contributed by atoms with Gasteiger partial charge in [0.05, 0.1) is 0 Å². The van der Waals surface area contributed by atoms with Crippen molar-refractivity contribution in [2.75, 3.05) is 0 Å². The van der Waals surface area contributed by atoms with E-state index in [1.807, 2.05) is 0 Å². The van der Waals surface area contributed by atoms with Crippen LogP contribution in [0.1, 0.15) is 13.3 Å².